The Bertz CT molecular complexity index is 606. The van der Waals surface area contributed by atoms with Crippen LogP contribution in [0.2, 0.25) is 15.1 Å². The highest BCUT2D eigenvalue weighted by atomic mass is 35.5. The molecule has 1 unspecified atom stereocenters. The number of aliphatic hydroxyl groups is 1. The van der Waals surface area contributed by atoms with Gasteiger partial charge in [0.05, 0.1) is 15.7 Å². The third-order valence-electron chi connectivity index (χ3n) is 2.58. The summed E-state index contributed by atoms with van der Waals surface area (Å²) in [4.78, 5) is 3.96. The van der Waals surface area contributed by atoms with Crippen molar-refractivity contribution in [2.75, 3.05) is 0 Å². The first-order valence-corrected chi connectivity index (χ1v) is 6.53. The predicted octanol–water partition coefficient (Wildman–Crippen LogP) is 4.46. The molecule has 100 valence electrons. The van der Waals surface area contributed by atoms with E-state index >= 15 is 0 Å². The molecule has 0 radical (unpaired) electrons. The lowest BCUT2D eigenvalue weighted by Crippen LogP contribution is -2.06. The van der Waals surface area contributed by atoms with Crippen LogP contribution in [0.1, 0.15) is 17.4 Å². The Hall–Kier alpha value is -0.870. The SMILES string of the molecule is OC(Cc1ccc(Cl)cc1F)c1ncc(Cl)cc1Cl. The molecule has 0 fully saturated rings. The van der Waals surface area contributed by atoms with Crippen LogP contribution in [-0.4, -0.2) is 10.1 Å². The quantitative estimate of drug-likeness (QED) is 0.906. The Labute approximate surface area is 124 Å². The van der Waals surface area contributed by atoms with E-state index in [2.05, 4.69) is 4.98 Å². The molecule has 2 nitrogen and oxygen atoms in total. The van der Waals surface area contributed by atoms with Crippen LogP contribution in [0.4, 0.5) is 4.39 Å². The summed E-state index contributed by atoms with van der Waals surface area (Å²) in [6.07, 6.45) is 0.419. The summed E-state index contributed by atoms with van der Waals surface area (Å²) in [5.74, 6) is -0.475. The maximum absolute atomic E-state index is 13.6. The first-order valence-electron chi connectivity index (χ1n) is 5.40. The molecule has 1 N–H and O–H groups in total. The highest BCUT2D eigenvalue weighted by Crippen LogP contribution is 2.27. The third kappa shape index (κ3) is 3.57. The number of pyridine rings is 1. The van der Waals surface area contributed by atoms with E-state index in [1.54, 1.807) is 6.07 Å². The van der Waals surface area contributed by atoms with E-state index in [4.69, 9.17) is 34.8 Å². The Morgan fingerprint density at radius 2 is 1.89 bits per heavy atom. The van der Waals surface area contributed by atoms with Crippen molar-refractivity contribution in [1.29, 1.82) is 0 Å². The molecule has 19 heavy (non-hydrogen) atoms. The fraction of sp³-hybridized carbons (Fsp3) is 0.154. The molecule has 0 aliphatic carbocycles. The molecule has 1 aromatic heterocycles. The smallest absolute Gasteiger partial charge is 0.127 e. The second kappa shape index (κ2) is 6.06. The second-order valence-corrected chi connectivity index (χ2v) is 5.26. The van der Waals surface area contributed by atoms with E-state index in [9.17, 15) is 9.50 Å². The number of hydrogen-bond donors (Lipinski definition) is 1. The number of aromatic nitrogens is 1. The van der Waals surface area contributed by atoms with Gasteiger partial charge >= 0.3 is 0 Å². The average molecular weight is 321 g/mol. The summed E-state index contributed by atoms with van der Waals surface area (Å²) < 4.78 is 13.6. The Morgan fingerprint density at radius 1 is 1.16 bits per heavy atom. The molecule has 0 bridgehead atoms. The number of halogens is 4. The Morgan fingerprint density at radius 3 is 2.53 bits per heavy atom. The first kappa shape index (κ1) is 14.5. The molecule has 2 aromatic rings. The molecule has 1 aromatic carbocycles. The van der Waals surface area contributed by atoms with E-state index in [1.807, 2.05) is 0 Å². The molecule has 1 atom stereocenters. The summed E-state index contributed by atoms with van der Waals surface area (Å²) in [6, 6.07) is 5.75. The maximum Gasteiger partial charge on any atom is 0.127 e. The molecule has 0 amide bonds. The fourth-order valence-electron chi connectivity index (χ4n) is 1.66. The summed E-state index contributed by atoms with van der Waals surface area (Å²) in [6.45, 7) is 0. The number of rotatable bonds is 3. The lowest BCUT2D eigenvalue weighted by Gasteiger charge is -2.12. The van der Waals surface area contributed by atoms with Crippen molar-refractivity contribution in [3.05, 3.63) is 62.6 Å². The van der Waals surface area contributed by atoms with Crippen LogP contribution in [0, 0.1) is 5.82 Å². The van der Waals surface area contributed by atoms with Crippen molar-refractivity contribution >= 4 is 34.8 Å². The first-order chi connectivity index (χ1) is 8.97. The van der Waals surface area contributed by atoms with Gasteiger partial charge in [-0.15, -0.1) is 0 Å². The minimum Gasteiger partial charge on any atom is -0.386 e. The molecule has 0 saturated heterocycles. The maximum atomic E-state index is 13.6. The lowest BCUT2D eigenvalue weighted by atomic mass is 10.0. The van der Waals surface area contributed by atoms with Crippen molar-refractivity contribution < 1.29 is 9.50 Å². The highest BCUT2D eigenvalue weighted by molar-refractivity contribution is 6.34. The van der Waals surface area contributed by atoms with Gasteiger partial charge in [0.25, 0.3) is 0 Å². The van der Waals surface area contributed by atoms with Gasteiger partial charge in [-0.3, -0.25) is 4.98 Å². The topological polar surface area (TPSA) is 33.1 Å². The van der Waals surface area contributed by atoms with E-state index in [1.165, 1.54) is 24.4 Å². The monoisotopic (exact) mass is 319 g/mol. The van der Waals surface area contributed by atoms with Crippen LogP contribution in [0.15, 0.2) is 30.5 Å². The summed E-state index contributed by atoms with van der Waals surface area (Å²) in [5.41, 5.74) is 0.602. The Kier molecular flexibility index (Phi) is 4.63. The minimum atomic E-state index is -1.01. The van der Waals surface area contributed by atoms with Crippen LogP contribution in [-0.2, 0) is 6.42 Å². The van der Waals surface area contributed by atoms with Crippen molar-refractivity contribution in [3.63, 3.8) is 0 Å². The van der Waals surface area contributed by atoms with Crippen molar-refractivity contribution in [1.82, 2.24) is 4.98 Å². The molecule has 0 spiro atoms. The van der Waals surface area contributed by atoms with E-state index in [0.29, 0.717) is 15.6 Å². The van der Waals surface area contributed by atoms with Crippen LogP contribution in [0.3, 0.4) is 0 Å². The van der Waals surface area contributed by atoms with E-state index in [-0.39, 0.29) is 17.1 Å². The van der Waals surface area contributed by atoms with Gasteiger partial charge in [0.15, 0.2) is 0 Å². The van der Waals surface area contributed by atoms with Gasteiger partial charge in [-0.25, -0.2) is 4.39 Å². The molecule has 0 saturated carbocycles. The van der Waals surface area contributed by atoms with Crippen LogP contribution < -0.4 is 0 Å². The zero-order valence-electron chi connectivity index (χ0n) is 9.58. The average Bonchev–Trinajstić information content (AvgIpc) is 2.32. The standard InChI is InChI=1S/C13H9Cl3FNO/c14-8-2-1-7(11(17)5-8)3-12(19)13-10(16)4-9(15)6-18-13/h1-2,4-6,12,19H,3H2. The van der Waals surface area contributed by atoms with Crippen molar-refractivity contribution in [2.24, 2.45) is 0 Å². The highest BCUT2D eigenvalue weighted by Gasteiger charge is 2.16. The largest absolute Gasteiger partial charge is 0.386 e. The number of aliphatic hydroxyl groups excluding tert-OH is 1. The second-order valence-electron chi connectivity index (χ2n) is 3.98. The Balaban J connectivity index is 2.23. The number of nitrogens with zero attached hydrogens (tertiary/aromatic N) is 1. The number of benzene rings is 1. The van der Waals surface area contributed by atoms with Crippen LogP contribution in [0.25, 0.3) is 0 Å². The lowest BCUT2D eigenvalue weighted by molar-refractivity contribution is 0.172. The van der Waals surface area contributed by atoms with E-state index < -0.39 is 11.9 Å². The molecular weight excluding hydrogens is 312 g/mol. The molecule has 1 heterocycles. The summed E-state index contributed by atoms with van der Waals surface area (Å²) >= 11 is 17.3. The number of hydrogen-bond acceptors (Lipinski definition) is 2. The molecule has 6 heteroatoms. The van der Waals surface area contributed by atoms with Gasteiger partial charge in [-0.1, -0.05) is 40.9 Å². The van der Waals surface area contributed by atoms with E-state index in [0.717, 1.165) is 0 Å². The third-order valence-corrected chi connectivity index (χ3v) is 3.32. The van der Waals surface area contributed by atoms with Gasteiger partial charge in [-0.05, 0) is 23.8 Å². The normalized spacial score (nSPS) is 12.5. The molecule has 2 rings (SSSR count). The van der Waals surface area contributed by atoms with Gasteiger partial charge in [-0.2, -0.15) is 0 Å². The summed E-state index contributed by atoms with van der Waals surface area (Å²) in [5, 5.41) is 11.0. The molecule has 0 aliphatic heterocycles. The zero-order valence-corrected chi connectivity index (χ0v) is 11.8. The fourth-order valence-corrected chi connectivity index (χ4v) is 2.33. The zero-order chi connectivity index (χ0) is 14.0. The summed E-state index contributed by atoms with van der Waals surface area (Å²) in [7, 11) is 0. The van der Waals surface area contributed by atoms with Crippen molar-refractivity contribution in [2.45, 2.75) is 12.5 Å². The van der Waals surface area contributed by atoms with Gasteiger partial charge < -0.3 is 5.11 Å². The van der Waals surface area contributed by atoms with Gasteiger partial charge in [0.2, 0.25) is 0 Å². The molecular formula is C13H9Cl3FNO. The van der Waals surface area contributed by atoms with Crippen LogP contribution >= 0.6 is 34.8 Å². The van der Waals surface area contributed by atoms with Crippen LogP contribution in [0.5, 0.6) is 0 Å². The van der Waals surface area contributed by atoms with Crippen molar-refractivity contribution in [3.8, 4) is 0 Å². The van der Waals surface area contributed by atoms with Gasteiger partial charge in [0.1, 0.15) is 11.9 Å². The predicted molar refractivity (Wildman–Crippen MR) is 74.3 cm³/mol. The molecule has 0 aliphatic rings. The van der Waals surface area contributed by atoms with Gasteiger partial charge in [0, 0.05) is 17.6 Å². The minimum absolute atomic E-state index is 0.0529.